The third kappa shape index (κ3) is 6.49. The van der Waals surface area contributed by atoms with Gasteiger partial charge in [-0.25, -0.2) is 4.79 Å². The summed E-state index contributed by atoms with van der Waals surface area (Å²) >= 11 is 0. The van der Waals surface area contributed by atoms with Crippen LogP contribution in [0.5, 0.6) is 34.5 Å². The van der Waals surface area contributed by atoms with Crippen LogP contribution in [0.25, 0.3) is 6.08 Å². The Morgan fingerprint density at radius 2 is 1.63 bits per heavy atom. The molecule has 3 aromatic carbocycles. The summed E-state index contributed by atoms with van der Waals surface area (Å²) in [5.41, 5.74) is 0.917. The van der Waals surface area contributed by atoms with E-state index in [2.05, 4.69) is 0 Å². The highest BCUT2D eigenvalue weighted by molar-refractivity contribution is 6.02. The molecule has 0 saturated carbocycles. The van der Waals surface area contributed by atoms with Crippen LogP contribution in [0.3, 0.4) is 0 Å². The fraction of sp³-hybridized carbons (Fsp3) is 0.267. The quantitative estimate of drug-likeness (QED) is 0.153. The number of Topliss-reactive ketones (excluding diaryl/α,β-unsaturated/α-hetero) is 1. The molecule has 2 aliphatic rings. The van der Waals surface area contributed by atoms with Gasteiger partial charge < -0.3 is 54.7 Å². The predicted octanol–water partition coefficient (Wildman–Crippen LogP) is 1.66. The Morgan fingerprint density at radius 1 is 0.884 bits per heavy atom. The summed E-state index contributed by atoms with van der Waals surface area (Å²) in [6.45, 7) is -0.506. The zero-order chi connectivity index (χ0) is 30.8. The lowest BCUT2D eigenvalue weighted by Crippen LogP contribution is -2.60. The fourth-order valence-corrected chi connectivity index (χ4v) is 4.68. The molecular formula is C30H28O13. The first-order valence-electron chi connectivity index (χ1n) is 13.1. The third-order valence-electron chi connectivity index (χ3n) is 6.95. The van der Waals surface area contributed by atoms with Gasteiger partial charge in [0, 0.05) is 18.2 Å². The minimum absolute atomic E-state index is 0.0209. The molecule has 0 spiro atoms. The zero-order valence-corrected chi connectivity index (χ0v) is 22.3. The van der Waals surface area contributed by atoms with E-state index in [1.54, 1.807) is 12.1 Å². The molecule has 0 aliphatic carbocycles. The van der Waals surface area contributed by atoms with Gasteiger partial charge in [0.2, 0.25) is 6.29 Å². The summed E-state index contributed by atoms with van der Waals surface area (Å²) in [7, 11) is 0. The number of aromatic hydroxyl groups is 4. The van der Waals surface area contributed by atoms with E-state index in [-0.39, 0.29) is 35.0 Å². The maximum Gasteiger partial charge on any atom is 0.330 e. The Hall–Kier alpha value is -4.82. The molecule has 3 aromatic rings. The second-order valence-electron chi connectivity index (χ2n) is 9.99. The molecule has 0 aromatic heterocycles. The van der Waals surface area contributed by atoms with Crippen LogP contribution in [-0.4, -0.2) is 84.8 Å². The van der Waals surface area contributed by atoms with Gasteiger partial charge >= 0.3 is 5.97 Å². The Balaban J connectivity index is 1.23. The summed E-state index contributed by atoms with van der Waals surface area (Å²) in [6.07, 6.45) is -6.48. The second kappa shape index (κ2) is 12.2. The lowest BCUT2D eigenvalue weighted by molar-refractivity contribution is -0.278. The summed E-state index contributed by atoms with van der Waals surface area (Å²) in [6, 6.07) is 12.3. The van der Waals surface area contributed by atoms with Gasteiger partial charge in [0.15, 0.2) is 17.3 Å². The van der Waals surface area contributed by atoms with Crippen LogP contribution in [0, 0.1) is 0 Å². The number of rotatable bonds is 7. The molecule has 43 heavy (non-hydrogen) atoms. The smallest absolute Gasteiger partial charge is 0.330 e. The topological polar surface area (TPSA) is 213 Å². The van der Waals surface area contributed by atoms with Crippen molar-refractivity contribution >= 4 is 17.8 Å². The van der Waals surface area contributed by atoms with E-state index < -0.39 is 66.7 Å². The first-order valence-corrected chi connectivity index (χ1v) is 13.1. The number of esters is 1. The second-order valence-corrected chi connectivity index (χ2v) is 9.99. The molecule has 1 fully saturated rings. The Labute approximate surface area is 244 Å². The number of aliphatic hydroxyl groups is 3. The number of ether oxygens (including phenoxy) is 4. The average molecular weight is 597 g/mol. The van der Waals surface area contributed by atoms with Crippen molar-refractivity contribution in [3.63, 3.8) is 0 Å². The SMILES string of the molecule is O=C(/C=C/c1ccc(O)cc1)OC[C@H]1O[C@@H](Oc2ccc([C@@H]3CC(=O)c4c(O)cc(O)cc4O3)cc2O)[C@H](O)[C@@H](O)[C@@H]1O. The summed E-state index contributed by atoms with van der Waals surface area (Å²) in [4.78, 5) is 24.8. The van der Waals surface area contributed by atoms with E-state index in [4.69, 9.17) is 18.9 Å². The van der Waals surface area contributed by atoms with Crippen LogP contribution in [0.15, 0.2) is 60.7 Å². The van der Waals surface area contributed by atoms with Gasteiger partial charge in [0.1, 0.15) is 65.7 Å². The maximum atomic E-state index is 12.6. The first-order chi connectivity index (χ1) is 20.5. The minimum atomic E-state index is -1.74. The summed E-state index contributed by atoms with van der Waals surface area (Å²) in [5.74, 6) is -2.50. The number of phenolic OH excluding ortho intramolecular Hbond substituents is 4. The molecule has 0 amide bonds. The van der Waals surface area contributed by atoms with Crippen LogP contribution < -0.4 is 9.47 Å². The van der Waals surface area contributed by atoms with Crippen molar-refractivity contribution in [2.24, 2.45) is 0 Å². The van der Waals surface area contributed by atoms with Crippen molar-refractivity contribution in [3.05, 3.63) is 77.4 Å². The Kier molecular flexibility index (Phi) is 8.41. The highest BCUT2D eigenvalue weighted by Gasteiger charge is 2.45. The monoisotopic (exact) mass is 596 g/mol. The van der Waals surface area contributed by atoms with Gasteiger partial charge in [-0.15, -0.1) is 0 Å². The van der Waals surface area contributed by atoms with E-state index in [1.165, 1.54) is 42.5 Å². The summed E-state index contributed by atoms with van der Waals surface area (Å²) in [5, 5.41) is 70.8. The number of aliphatic hydroxyl groups excluding tert-OH is 3. The number of fused-ring (bicyclic) bond motifs is 1. The van der Waals surface area contributed by atoms with Gasteiger partial charge in [-0.2, -0.15) is 0 Å². The van der Waals surface area contributed by atoms with Crippen LogP contribution in [0.2, 0.25) is 0 Å². The number of carbonyl (C=O) groups is 2. The van der Waals surface area contributed by atoms with Crippen LogP contribution in [0.4, 0.5) is 0 Å². The molecule has 5 rings (SSSR count). The van der Waals surface area contributed by atoms with E-state index in [9.17, 15) is 45.3 Å². The molecule has 6 atom stereocenters. The number of ketones is 1. The number of carbonyl (C=O) groups excluding carboxylic acids is 2. The molecule has 226 valence electrons. The Bertz CT molecular complexity index is 1530. The van der Waals surface area contributed by atoms with Crippen molar-refractivity contribution in [1.82, 2.24) is 0 Å². The Morgan fingerprint density at radius 3 is 2.35 bits per heavy atom. The van der Waals surface area contributed by atoms with E-state index >= 15 is 0 Å². The molecule has 1 saturated heterocycles. The van der Waals surface area contributed by atoms with Gasteiger partial charge in [-0.05, 0) is 41.5 Å². The highest BCUT2D eigenvalue weighted by Crippen LogP contribution is 2.43. The molecule has 0 radical (unpaired) electrons. The van der Waals surface area contributed by atoms with Crippen LogP contribution >= 0.6 is 0 Å². The van der Waals surface area contributed by atoms with Crippen molar-refractivity contribution in [1.29, 1.82) is 0 Å². The lowest BCUT2D eigenvalue weighted by Gasteiger charge is -2.39. The highest BCUT2D eigenvalue weighted by atomic mass is 16.7. The van der Waals surface area contributed by atoms with E-state index in [0.717, 1.165) is 12.1 Å². The lowest BCUT2D eigenvalue weighted by atomic mass is 9.95. The largest absolute Gasteiger partial charge is 0.508 e. The number of phenols is 4. The third-order valence-corrected chi connectivity index (χ3v) is 6.95. The molecule has 0 unspecified atom stereocenters. The molecule has 13 heteroatoms. The first kappa shape index (κ1) is 29.7. The van der Waals surface area contributed by atoms with E-state index in [0.29, 0.717) is 11.1 Å². The molecule has 7 N–H and O–H groups in total. The normalized spacial score (nSPS) is 25.1. The average Bonchev–Trinajstić information content (AvgIpc) is 2.96. The minimum Gasteiger partial charge on any atom is -0.508 e. The predicted molar refractivity (Wildman–Crippen MR) is 146 cm³/mol. The van der Waals surface area contributed by atoms with Crippen molar-refractivity contribution in [3.8, 4) is 34.5 Å². The van der Waals surface area contributed by atoms with Gasteiger partial charge in [0.25, 0.3) is 0 Å². The fourth-order valence-electron chi connectivity index (χ4n) is 4.68. The van der Waals surface area contributed by atoms with Gasteiger partial charge in [0.05, 0.1) is 6.42 Å². The van der Waals surface area contributed by atoms with E-state index in [1.807, 2.05) is 0 Å². The molecule has 0 bridgehead atoms. The molecule has 2 heterocycles. The maximum absolute atomic E-state index is 12.6. The standard InChI is InChI=1S/C30H28O13/c31-16-5-1-14(2-6-16)3-8-25(36)40-13-24-27(37)28(38)29(39)30(43-24)42-21-7-4-15(9-18(21)33)22-12-20(35)26-19(34)10-17(32)11-23(26)41-22/h1-11,22,24,27-34,37-39H,12-13H2/b8-3+/t22-,24+,27+,28-,29+,30+/m0/s1. The van der Waals surface area contributed by atoms with Crippen LogP contribution in [0.1, 0.15) is 34.0 Å². The van der Waals surface area contributed by atoms with Crippen molar-refractivity contribution in [2.75, 3.05) is 6.61 Å². The van der Waals surface area contributed by atoms with Crippen molar-refractivity contribution < 1.29 is 64.3 Å². The number of benzene rings is 3. The molecular weight excluding hydrogens is 568 g/mol. The molecule has 2 aliphatic heterocycles. The number of hydrogen-bond donors (Lipinski definition) is 7. The number of hydrogen-bond acceptors (Lipinski definition) is 13. The molecule has 13 nitrogen and oxygen atoms in total. The zero-order valence-electron chi connectivity index (χ0n) is 22.3. The van der Waals surface area contributed by atoms with Crippen LogP contribution in [-0.2, 0) is 14.3 Å². The van der Waals surface area contributed by atoms with Crippen molar-refractivity contribution in [2.45, 2.75) is 43.2 Å². The van der Waals surface area contributed by atoms with Gasteiger partial charge in [-0.1, -0.05) is 18.2 Å². The van der Waals surface area contributed by atoms with Gasteiger partial charge in [-0.3, -0.25) is 4.79 Å². The summed E-state index contributed by atoms with van der Waals surface area (Å²) < 4.78 is 22.0.